The van der Waals surface area contributed by atoms with Crippen LogP contribution in [0.25, 0.3) is 5.69 Å². The van der Waals surface area contributed by atoms with Crippen molar-refractivity contribution in [3.8, 4) is 5.69 Å². The number of hydrogen-bond acceptors (Lipinski definition) is 3. The van der Waals surface area contributed by atoms with Gasteiger partial charge in [0.25, 0.3) is 0 Å². The SMILES string of the molecule is Cc1cccc(-n2cnnc2CC(C)N)c1. The summed E-state index contributed by atoms with van der Waals surface area (Å²) >= 11 is 0. The fourth-order valence-electron chi connectivity index (χ4n) is 1.68. The van der Waals surface area contributed by atoms with Crippen molar-refractivity contribution in [2.24, 2.45) is 5.73 Å². The van der Waals surface area contributed by atoms with Gasteiger partial charge in [0.15, 0.2) is 0 Å². The molecule has 1 unspecified atom stereocenters. The van der Waals surface area contributed by atoms with Gasteiger partial charge in [0.05, 0.1) is 0 Å². The van der Waals surface area contributed by atoms with Crippen molar-refractivity contribution in [3.63, 3.8) is 0 Å². The summed E-state index contributed by atoms with van der Waals surface area (Å²) in [6, 6.07) is 8.34. The number of hydrogen-bond donors (Lipinski definition) is 1. The molecule has 0 spiro atoms. The second kappa shape index (κ2) is 4.45. The van der Waals surface area contributed by atoms with E-state index in [0.29, 0.717) is 0 Å². The molecule has 0 amide bonds. The average molecular weight is 216 g/mol. The fraction of sp³-hybridized carbons (Fsp3) is 0.333. The average Bonchev–Trinajstić information content (AvgIpc) is 2.65. The molecule has 4 heteroatoms. The Morgan fingerprint density at radius 2 is 2.25 bits per heavy atom. The van der Waals surface area contributed by atoms with Gasteiger partial charge in [0.2, 0.25) is 0 Å². The maximum absolute atomic E-state index is 5.78. The van der Waals surface area contributed by atoms with Crippen molar-refractivity contribution in [1.82, 2.24) is 14.8 Å². The van der Waals surface area contributed by atoms with Crippen LogP contribution in [0.1, 0.15) is 18.3 Å². The topological polar surface area (TPSA) is 56.7 Å². The Hall–Kier alpha value is -1.68. The Morgan fingerprint density at radius 3 is 2.94 bits per heavy atom. The second-order valence-electron chi connectivity index (χ2n) is 4.14. The fourth-order valence-corrected chi connectivity index (χ4v) is 1.68. The van der Waals surface area contributed by atoms with E-state index in [1.807, 2.05) is 23.6 Å². The van der Waals surface area contributed by atoms with Gasteiger partial charge in [-0.15, -0.1) is 10.2 Å². The van der Waals surface area contributed by atoms with Crippen molar-refractivity contribution < 1.29 is 0 Å². The van der Waals surface area contributed by atoms with Crippen LogP contribution in [-0.4, -0.2) is 20.8 Å². The number of nitrogens with two attached hydrogens (primary N) is 1. The van der Waals surface area contributed by atoms with Crippen LogP contribution in [0.3, 0.4) is 0 Å². The largest absolute Gasteiger partial charge is 0.328 e. The number of benzene rings is 1. The van der Waals surface area contributed by atoms with Crippen molar-refractivity contribution in [3.05, 3.63) is 42.0 Å². The van der Waals surface area contributed by atoms with Gasteiger partial charge >= 0.3 is 0 Å². The summed E-state index contributed by atoms with van der Waals surface area (Å²) in [5.41, 5.74) is 8.08. The molecule has 0 fully saturated rings. The first kappa shape index (κ1) is 10.8. The molecule has 1 heterocycles. The summed E-state index contributed by atoms with van der Waals surface area (Å²) in [6.45, 7) is 4.04. The van der Waals surface area contributed by atoms with Crippen LogP contribution in [0, 0.1) is 6.92 Å². The molecule has 0 aliphatic rings. The maximum Gasteiger partial charge on any atom is 0.138 e. The summed E-state index contributed by atoms with van der Waals surface area (Å²) < 4.78 is 1.98. The third-order valence-corrected chi connectivity index (χ3v) is 2.40. The van der Waals surface area contributed by atoms with Crippen molar-refractivity contribution >= 4 is 0 Å². The lowest BCUT2D eigenvalue weighted by atomic mass is 10.2. The summed E-state index contributed by atoms with van der Waals surface area (Å²) in [5.74, 6) is 0.903. The molecule has 2 aromatic rings. The summed E-state index contributed by atoms with van der Waals surface area (Å²) in [6.07, 6.45) is 2.46. The highest BCUT2D eigenvalue weighted by atomic mass is 15.3. The maximum atomic E-state index is 5.78. The first-order chi connectivity index (χ1) is 7.66. The van der Waals surface area contributed by atoms with Crippen LogP contribution >= 0.6 is 0 Å². The van der Waals surface area contributed by atoms with Crippen molar-refractivity contribution in [1.29, 1.82) is 0 Å². The van der Waals surface area contributed by atoms with Gasteiger partial charge < -0.3 is 5.73 Å². The molecule has 1 aromatic carbocycles. The summed E-state index contributed by atoms with van der Waals surface area (Å²) in [7, 11) is 0. The molecular formula is C12H16N4. The van der Waals surface area contributed by atoms with Crippen LogP contribution in [-0.2, 0) is 6.42 Å². The Labute approximate surface area is 95.1 Å². The number of rotatable bonds is 3. The van der Waals surface area contributed by atoms with Gasteiger partial charge in [-0.2, -0.15) is 0 Å². The number of aromatic nitrogens is 3. The second-order valence-corrected chi connectivity index (χ2v) is 4.14. The predicted molar refractivity (Wildman–Crippen MR) is 63.4 cm³/mol. The highest BCUT2D eigenvalue weighted by Crippen LogP contribution is 2.12. The lowest BCUT2D eigenvalue weighted by Gasteiger charge is -2.08. The van der Waals surface area contributed by atoms with E-state index in [-0.39, 0.29) is 6.04 Å². The zero-order chi connectivity index (χ0) is 11.5. The Balaban J connectivity index is 2.37. The summed E-state index contributed by atoms with van der Waals surface area (Å²) in [4.78, 5) is 0. The van der Waals surface area contributed by atoms with E-state index in [1.165, 1.54) is 5.56 Å². The van der Waals surface area contributed by atoms with E-state index < -0.39 is 0 Å². The molecule has 2 N–H and O–H groups in total. The lowest BCUT2D eigenvalue weighted by Crippen LogP contribution is -2.20. The normalized spacial score (nSPS) is 12.7. The van der Waals surface area contributed by atoms with Crippen LogP contribution in [0.4, 0.5) is 0 Å². The van der Waals surface area contributed by atoms with Crippen molar-refractivity contribution in [2.45, 2.75) is 26.3 Å². The Kier molecular flexibility index (Phi) is 3.01. The number of aryl methyl sites for hydroxylation is 1. The van der Waals surface area contributed by atoms with E-state index in [4.69, 9.17) is 5.73 Å². The molecule has 0 saturated heterocycles. The van der Waals surface area contributed by atoms with E-state index in [9.17, 15) is 0 Å². The zero-order valence-electron chi connectivity index (χ0n) is 9.59. The standard InChI is InChI=1S/C12H16N4/c1-9-4-3-5-11(6-9)16-8-14-15-12(16)7-10(2)13/h3-6,8,10H,7,13H2,1-2H3. The summed E-state index contributed by atoms with van der Waals surface area (Å²) in [5, 5.41) is 8.03. The molecule has 1 aromatic heterocycles. The Morgan fingerprint density at radius 1 is 1.44 bits per heavy atom. The third-order valence-electron chi connectivity index (χ3n) is 2.40. The molecule has 16 heavy (non-hydrogen) atoms. The van der Waals surface area contributed by atoms with Crippen LogP contribution < -0.4 is 5.73 Å². The predicted octanol–water partition coefficient (Wildman–Crippen LogP) is 1.47. The first-order valence-corrected chi connectivity index (χ1v) is 5.38. The minimum absolute atomic E-state index is 0.0905. The minimum Gasteiger partial charge on any atom is -0.328 e. The van der Waals surface area contributed by atoms with Gasteiger partial charge in [0, 0.05) is 18.2 Å². The van der Waals surface area contributed by atoms with Crippen molar-refractivity contribution in [2.75, 3.05) is 0 Å². The van der Waals surface area contributed by atoms with Crippen LogP contribution in [0.15, 0.2) is 30.6 Å². The molecular weight excluding hydrogens is 200 g/mol. The molecule has 1 atom stereocenters. The van der Waals surface area contributed by atoms with Crippen LogP contribution in [0.5, 0.6) is 0 Å². The van der Waals surface area contributed by atoms with Gasteiger partial charge in [-0.25, -0.2) is 0 Å². The number of nitrogens with zero attached hydrogens (tertiary/aromatic N) is 3. The molecule has 2 rings (SSSR count). The Bertz CT molecular complexity index is 473. The van der Waals surface area contributed by atoms with E-state index in [0.717, 1.165) is 17.9 Å². The molecule has 84 valence electrons. The van der Waals surface area contributed by atoms with Gasteiger partial charge in [-0.05, 0) is 31.5 Å². The van der Waals surface area contributed by atoms with E-state index >= 15 is 0 Å². The quantitative estimate of drug-likeness (QED) is 0.845. The monoisotopic (exact) mass is 216 g/mol. The van der Waals surface area contributed by atoms with Gasteiger partial charge in [0.1, 0.15) is 12.2 Å². The zero-order valence-corrected chi connectivity index (χ0v) is 9.59. The van der Waals surface area contributed by atoms with Gasteiger partial charge in [-0.1, -0.05) is 12.1 Å². The van der Waals surface area contributed by atoms with Crippen LogP contribution in [0.2, 0.25) is 0 Å². The van der Waals surface area contributed by atoms with E-state index in [2.05, 4.69) is 29.3 Å². The third kappa shape index (κ3) is 2.28. The lowest BCUT2D eigenvalue weighted by molar-refractivity contribution is 0.688. The minimum atomic E-state index is 0.0905. The highest BCUT2D eigenvalue weighted by molar-refractivity contribution is 5.36. The smallest absolute Gasteiger partial charge is 0.138 e. The molecule has 4 nitrogen and oxygen atoms in total. The highest BCUT2D eigenvalue weighted by Gasteiger charge is 2.08. The molecule has 0 saturated carbocycles. The van der Waals surface area contributed by atoms with Gasteiger partial charge in [-0.3, -0.25) is 4.57 Å². The molecule has 0 bridgehead atoms. The molecule has 0 radical (unpaired) electrons. The first-order valence-electron chi connectivity index (χ1n) is 5.38. The molecule has 0 aliphatic carbocycles. The molecule has 0 aliphatic heterocycles. The van der Waals surface area contributed by atoms with E-state index in [1.54, 1.807) is 6.33 Å².